The molecule has 2 aliphatic rings. The molecule has 0 radical (unpaired) electrons. The zero-order chi connectivity index (χ0) is 12.5. The highest BCUT2D eigenvalue weighted by Gasteiger charge is 2.39. The smallest absolute Gasteiger partial charge is 0.241 e. The van der Waals surface area contributed by atoms with Gasteiger partial charge in [-0.15, -0.1) is 11.3 Å². The first-order chi connectivity index (χ1) is 8.79. The molecule has 1 aromatic rings. The molecule has 2 atom stereocenters. The first-order valence-electron chi connectivity index (χ1n) is 6.89. The summed E-state index contributed by atoms with van der Waals surface area (Å²) in [4.78, 5) is 15.7. The van der Waals surface area contributed by atoms with Gasteiger partial charge in [0.05, 0.1) is 6.04 Å². The lowest BCUT2D eigenvalue weighted by molar-refractivity contribution is -0.130. The number of rotatable bonds is 5. The highest BCUT2D eigenvalue weighted by molar-refractivity contribution is 7.10. The van der Waals surface area contributed by atoms with Gasteiger partial charge in [-0.1, -0.05) is 25.8 Å². The molecule has 3 rings (SSSR count). The van der Waals surface area contributed by atoms with Crippen molar-refractivity contribution in [3.05, 3.63) is 22.4 Å². The summed E-state index contributed by atoms with van der Waals surface area (Å²) in [5, 5.41) is 5.56. The van der Waals surface area contributed by atoms with Crippen LogP contribution in [0.5, 0.6) is 0 Å². The van der Waals surface area contributed by atoms with Crippen LogP contribution in [-0.4, -0.2) is 23.4 Å². The Bertz CT molecular complexity index is 413. The molecule has 1 amide bonds. The second-order valence-electron chi connectivity index (χ2n) is 5.31. The number of carbonyl (C=O) groups is 1. The predicted octanol–water partition coefficient (Wildman–Crippen LogP) is 2.76. The Labute approximate surface area is 112 Å². The summed E-state index contributed by atoms with van der Waals surface area (Å²) in [6.07, 6.45) is 4.88. The van der Waals surface area contributed by atoms with Crippen molar-refractivity contribution >= 4 is 17.2 Å². The van der Waals surface area contributed by atoms with Crippen molar-refractivity contribution in [3.8, 4) is 0 Å². The molecule has 1 saturated heterocycles. The van der Waals surface area contributed by atoms with E-state index in [0.717, 1.165) is 18.9 Å². The second kappa shape index (κ2) is 5.02. The summed E-state index contributed by atoms with van der Waals surface area (Å²) in [5.74, 6) is 1.17. The number of hydrogen-bond acceptors (Lipinski definition) is 3. The molecule has 0 aromatic carbocycles. The monoisotopic (exact) mass is 264 g/mol. The van der Waals surface area contributed by atoms with Crippen molar-refractivity contribution < 1.29 is 4.79 Å². The molecule has 98 valence electrons. The van der Waals surface area contributed by atoms with Crippen molar-refractivity contribution in [2.75, 3.05) is 6.54 Å². The number of amides is 1. The molecule has 18 heavy (non-hydrogen) atoms. The van der Waals surface area contributed by atoms with Gasteiger partial charge in [-0.25, -0.2) is 0 Å². The molecule has 2 unspecified atom stereocenters. The van der Waals surface area contributed by atoms with Gasteiger partial charge in [0.15, 0.2) is 0 Å². The highest BCUT2D eigenvalue weighted by atomic mass is 32.1. The standard InChI is InChI=1S/C14H20N2OS/c1-2-11-14(17)16(8-7-10-5-6-10)13(15-11)12-4-3-9-18-12/h3-4,9-11,13,15H,2,5-8H2,1H3. The van der Waals surface area contributed by atoms with Crippen molar-refractivity contribution in [2.45, 2.75) is 44.8 Å². The Morgan fingerprint density at radius 3 is 2.94 bits per heavy atom. The van der Waals surface area contributed by atoms with E-state index >= 15 is 0 Å². The second-order valence-corrected chi connectivity index (χ2v) is 6.29. The number of hydrogen-bond donors (Lipinski definition) is 1. The minimum absolute atomic E-state index is 0.0105. The van der Waals surface area contributed by atoms with Crippen LogP contribution in [0, 0.1) is 5.92 Å². The lowest BCUT2D eigenvalue weighted by Crippen LogP contribution is -2.31. The molecule has 1 aromatic heterocycles. The number of thiophene rings is 1. The minimum Gasteiger partial charge on any atom is -0.321 e. The van der Waals surface area contributed by atoms with E-state index in [1.54, 1.807) is 11.3 Å². The summed E-state index contributed by atoms with van der Waals surface area (Å²) in [6.45, 7) is 2.99. The first kappa shape index (κ1) is 12.2. The molecule has 1 aliphatic carbocycles. The summed E-state index contributed by atoms with van der Waals surface area (Å²) in [5.41, 5.74) is 0. The lowest BCUT2D eigenvalue weighted by Gasteiger charge is -2.23. The van der Waals surface area contributed by atoms with Gasteiger partial charge in [-0.3, -0.25) is 10.1 Å². The Hall–Kier alpha value is -0.870. The van der Waals surface area contributed by atoms with Crippen LogP contribution in [0.25, 0.3) is 0 Å². The lowest BCUT2D eigenvalue weighted by atomic mass is 10.2. The van der Waals surface area contributed by atoms with Gasteiger partial charge in [0.25, 0.3) is 0 Å². The number of nitrogens with zero attached hydrogens (tertiary/aromatic N) is 1. The number of carbonyl (C=O) groups excluding carboxylic acids is 1. The topological polar surface area (TPSA) is 32.3 Å². The largest absolute Gasteiger partial charge is 0.321 e. The minimum atomic E-state index is 0.0105. The molecule has 1 N–H and O–H groups in total. The third kappa shape index (κ3) is 2.31. The molecule has 1 saturated carbocycles. The molecule has 4 heteroatoms. The molecule has 0 bridgehead atoms. The van der Waals surface area contributed by atoms with E-state index in [-0.39, 0.29) is 18.1 Å². The summed E-state index contributed by atoms with van der Waals surface area (Å²) in [6, 6.07) is 4.19. The SMILES string of the molecule is CCC1NC(c2cccs2)N(CCC2CC2)C1=O. The van der Waals surface area contributed by atoms with Crippen molar-refractivity contribution in [3.63, 3.8) is 0 Å². The number of nitrogens with one attached hydrogen (secondary N) is 1. The molecule has 0 spiro atoms. The van der Waals surface area contributed by atoms with E-state index in [2.05, 4.69) is 34.7 Å². The summed E-state index contributed by atoms with van der Waals surface area (Å²) >= 11 is 1.73. The van der Waals surface area contributed by atoms with Crippen molar-refractivity contribution in [1.82, 2.24) is 10.2 Å². The van der Waals surface area contributed by atoms with Crippen LogP contribution >= 0.6 is 11.3 Å². The van der Waals surface area contributed by atoms with Gasteiger partial charge in [0.2, 0.25) is 5.91 Å². The zero-order valence-corrected chi connectivity index (χ0v) is 11.6. The van der Waals surface area contributed by atoms with Gasteiger partial charge < -0.3 is 4.90 Å². The third-order valence-corrected chi connectivity index (χ3v) is 4.87. The average Bonchev–Trinajstić information content (AvgIpc) is 2.94. The van der Waals surface area contributed by atoms with E-state index in [4.69, 9.17) is 0 Å². The maximum Gasteiger partial charge on any atom is 0.241 e. The van der Waals surface area contributed by atoms with Gasteiger partial charge in [-0.05, 0) is 30.2 Å². The normalized spacial score (nSPS) is 28.1. The van der Waals surface area contributed by atoms with Crippen LogP contribution in [-0.2, 0) is 4.79 Å². The van der Waals surface area contributed by atoms with Crippen LogP contribution in [0.2, 0.25) is 0 Å². The maximum absolute atomic E-state index is 12.3. The predicted molar refractivity (Wildman–Crippen MR) is 73.3 cm³/mol. The maximum atomic E-state index is 12.3. The third-order valence-electron chi connectivity index (χ3n) is 3.95. The Morgan fingerprint density at radius 1 is 1.50 bits per heavy atom. The Balaban J connectivity index is 1.74. The first-order valence-corrected chi connectivity index (χ1v) is 7.77. The Kier molecular flexibility index (Phi) is 3.39. The van der Waals surface area contributed by atoms with Crippen LogP contribution in [0.4, 0.5) is 0 Å². The van der Waals surface area contributed by atoms with Crippen LogP contribution in [0.15, 0.2) is 17.5 Å². The molecule has 1 aliphatic heterocycles. The van der Waals surface area contributed by atoms with Gasteiger partial charge >= 0.3 is 0 Å². The quantitative estimate of drug-likeness (QED) is 0.887. The van der Waals surface area contributed by atoms with Crippen molar-refractivity contribution in [1.29, 1.82) is 0 Å². The molecule has 2 fully saturated rings. The van der Waals surface area contributed by atoms with E-state index in [1.165, 1.54) is 24.1 Å². The van der Waals surface area contributed by atoms with Crippen LogP contribution in [0.1, 0.15) is 43.6 Å². The Morgan fingerprint density at radius 2 is 2.33 bits per heavy atom. The van der Waals surface area contributed by atoms with E-state index in [9.17, 15) is 4.79 Å². The van der Waals surface area contributed by atoms with Crippen LogP contribution in [0.3, 0.4) is 0 Å². The zero-order valence-electron chi connectivity index (χ0n) is 10.8. The van der Waals surface area contributed by atoms with Crippen LogP contribution < -0.4 is 5.32 Å². The molecule has 2 heterocycles. The van der Waals surface area contributed by atoms with Gasteiger partial charge in [-0.2, -0.15) is 0 Å². The average molecular weight is 264 g/mol. The summed E-state index contributed by atoms with van der Waals surface area (Å²) < 4.78 is 0. The van der Waals surface area contributed by atoms with Gasteiger partial charge in [0, 0.05) is 11.4 Å². The fourth-order valence-electron chi connectivity index (χ4n) is 2.62. The van der Waals surface area contributed by atoms with Crippen molar-refractivity contribution in [2.24, 2.45) is 5.92 Å². The fraction of sp³-hybridized carbons (Fsp3) is 0.643. The van der Waals surface area contributed by atoms with E-state index < -0.39 is 0 Å². The molecular formula is C14H20N2OS. The molecular weight excluding hydrogens is 244 g/mol. The molecule has 3 nitrogen and oxygen atoms in total. The highest BCUT2D eigenvalue weighted by Crippen LogP contribution is 2.35. The fourth-order valence-corrected chi connectivity index (χ4v) is 3.42. The van der Waals surface area contributed by atoms with E-state index in [0.29, 0.717) is 0 Å². The van der Waals surface area contributed by atoms with Gasteiger partial charge in [0.1, 0.15) is 6.17 Å². The summed E-state index contributed by atoms with van der Waals surface area (Å²) in [7, 11) is 0. The van der Waals surface area contributed by atoms with E-state index in [1.807, 2.05) is 0 Å².